The topological polar surface area (TPSA) is 79.6 Å². The van der Waals surface area contributed by atoms with Crippen LogP contribution in [0.2, 0.25) is 10.0 Å². The Bertz CT molecular complexity index is 1190. The number of halogens is 5. The van der Waals surface area contributed by atoms with Gasteiger partial charge in [-0.05, 0) is 48.6 Å². The Hall–Kier alpha value is -2.96. The minimum atomic E-state index is -4.54. The zero-order valence-electron chi connectivity index (χ0n) is 20.1. The van der Waals surface area contributed by atoms with Gasteiger partial charge in [0.05, 0.1) is 28.3 Å². The molecular weight excluding hydrogens is 532 g/mol. The molecule has 2 aromatic carbocycles. The zero-order valence-corrected chi connectivity index (χ0v) is 21.7. The molecule has 0 aliphatic carbocycles. The summed E-state index contributed by atoms with van der Waals surface area (Å²) in [7, 11) is 0. The number of carbonyl (C=O) groups excluding carboxylic acids is 2. The highest BCUT2D eigenvalue weighted by molar-refractivity contribution is 6.32. The fourth-order valence-electron chi connectivity index (χ4n) is 4.24. The maximum absolute atomic E-state index is 12.8. The number of Topliss-reactive ketones (excluding diaryl/α,β-unsaturated/α-hetero) is 1. The van der Waals surface area contributed by atoms with Crippen molar-refractivity contribution < 1.29 is 32.2 Å². The van der Waals surface area contributed by atoms with Gasteiger partial charge in [0.15, 0.2) is 11.7 Å². The summed E-state index contributed by atoms with van der Waals surface area (Å²) in [5.41, 5.74) is -0.909. The third-order valence-electron chi connectivity index (χ3n) is 5.87. The number of nitrogens with zero attached hydrogens (tertiary/aromatic N) is 2. The highest BCUT2D eigenvalue weighted by Gasteiger charge is 2.34. The van der Waals surface area contributed by atoms with Crippen molar-refractivity contribution in [1.29, 1.82) is 5.26 Å². The average molecular weight is 557 g/mol. The van der Waals surface area contributed by atoms with Gasteiger partial charge >= 0.3 is 6.18 Å². The summed E-state index contributed by atoms with van der Waals surface area (Å²) in [6.07, 6.45) is -3.76. The van der Waals surface area contributed by atoms with Gasteiger partial charge in [0.25, 0.3) is 0 Å². The molecule has 0 bridgehead atoms. The van der Waals surface area contributed by atoms with Crippen molar-refractivity contribution in [2.75, 3.05) is 19.7 Å². The highest BCUT2D eigenvalue weighted by atomic mass is 35.5. The van der Waals surface area contributed by atoms with Crippen LogP contribution in [0.1, 0.15) is 32.3 Å². The first-order valence-electron chi connectivity index (χ1n) is 11.6. The second kappa shape index (κ2) is 12.1. The van der Waals surface area contributed by atoms with E-state index in [0.717, 1.165) is 24.6 Å². The molecule has 1 saturated heterocycles. The molecule has 2 aromatic rings. The number of amides is 1. The maximum Gasteiger partial charge on any atom is 0.416 e. The quantitative estimate of drug-likeness (QED) is 0.334. The fraction of sp³-hybridized carbons (Fsp3) is 0.423. The molecule has 3 unspecified atom stereocenters. The van der Waals surface area contributed by atoms with Crippen molar-refractivity contribution in [2.24, 2.45) is 17.8 Å². The van der Waals surface area contributed by atoms with E-state index in [1.807, 2.05) is 19.9 Å². The van der Waals surface area contributed by atoms with Gasteiger partial charge in [0.2, 0.25) is 5.91 Å². The van der Waals surface area contributed by atoms with Crippen molar-refractivity contribution in [3.05, 3.63) is 52.0 Å². The summed E-state index contributed by atoms with van der Waals surface area (Å²) >= 11 is 12.1. The Morgan fingerprint density at radius 3 is 2.35 bits per heavy atom. The first kappa shape index (κ1) is 28.6. The van der Waals surface area contributed by atoms with Gasteiger partial charge in [-0.2, -0.15) is 18.4 Å². The lowest BCUT2D eigenvalue weighted by Crippen LogP contribution is -2.46. The van der Waals surface area contributed by atoms with Gasteiger partial charge in [-0.15, -0.1) is 0 Å². The van der Waals surface area contributed by atoms with E-state index in [2.05, 4.69) is 0 Å². The number of benzene rings is 2. The van der Waals surface area contributed by atoms with Crippen LogP contribution in [-0.4, -0.2) is 36.3 Å². The summed E-state index contributed by atoms with van der Waals surface area (Å²) < 4.78 is 49.7. The van der Waals surface area contributed by atoms with E-state index in [-0.39, 0.29) is 40.3 Å². The molecule has 198 valence electrons. The SMILES string of the molecule is CC1CC(C)CN(C(=O)C(C#N)C(=O)CCOc2cc(Oc3ccc(C(F)(F)F)cc3Cl)ccc2Cl)C1. The van der Waals surface area contributed by atoms with Crippen LogP contribution in [-0.2, 0) is 15.8 Å². The van der Waals surface area contributed by atoms with Crippen molar-refractivity contribution >= 4 is 34.9 Å². The van der Waals surface area contributed by atoms with Crippen LogP contribution in [0.3, 0.4) is 0 Å². The lowest BCUT2D eigenvalue weighted by molar-refractivity contribution is -0.141. The molecule has 1 amide bonds. The molecule has 3 rings (SSSR count). The zero-order chi connectivity index (χ0) is 27.3. The largest absolute Gasteiger partial charge is 0.491 e. The van der Waals surface area contributed by atoms with Crippen LogP contribution in [0.5, 0.6) is 17.2 Å². The number of ether oxygens (including phenoxy) is 2. The van der Waals surface area contributed by atoms with Crippen LogP contribution in [0.4, 0.5) is 13.2 Å². The Morgan fingerprint density at radius 2 is 1.76 bits per heavy atom. The number of rotatable bonds is 8. The van der Waals surface area contributed by atoms with E-state index in [0.29, 0.717) is 24.9 Å². The van der Waals surface area contributed by atoms with Crippen LogP contribution in [0.15, 0.2) is 36.4 Å². The van der Waals surface area contributed by atoms with Crippen molar-refractivity contribution in [3.63, 3.8) is 0 Å². The highest BCUT2D eigenvalue weighted by Crippen LogP contribution is 2.38. The molecule has 37 heavy (non-hydrogen) atoms. The smallest absolute Gasteiger partial charge is 0.416 e. The van der Waals surface area contributed by atoms with E-state index >= 15 is 0 Å². The molecule has 1 aliphatic rings. The molecule has 11 heteroatoms. The van der Waals surface area contributed by atoms with Gasteiger partial charge in [0, 0.05) is 25.6 Å². The summed E-state index contributed by atoms with van der Waals surface area (Å²) in [5, 5.41) is 9.44. The number of carbonyl (C=O) groups is 2. The second-order valence-electron chi connectivity index (χ2n) is 9.15. The van der Waals surface area contributed by atoms with E-state index in [1.54, 1.807) is 4.90 Å². The van der Waals surface area contributed by atoms with Crippen molar-refractivity contribution in [1.82, 2.24) is 4.90 Å². The number of nitriles is 1. The number of alkyl halides is 3. The normalized spacial score (nSPS) is 18.6. The summed E-state index contributed by atoms with van der Waals surface area (Å²) in [5.74, 6) is -1.55. The average Bonchev–Trinajstić information content (AvgIpc) is 2.81. The number of likely N-dealkylation sites (tertiary alicyclic amines) is 1. The van der Waals surface area contributed by atoms with Gasteiger partial charge in [-0.1, -0.05) is 37.0 Å². The first-order chi connectivity index (χ1) is 17.4. The third kappa shape index (κ3) is 7.53. The van der Waals surface area contributed by atoms with Gasteiger partial charge in [0.1, 0.15) is 17.2 Å². The van der Waals surface area contributed by atoms with Crippen LogP contribution in [0.25, 0.3) is 0 Å². The Kier molecular flexibility index (Phi) is 9.32. The molecule has 3 atom stereocenters. The molecule has 1 heterocycles. The van der Waals surface area contributed by atoms with E-state index in [1.165, 1.54) is 18.2 Å². The standard InChI is InChI=1S/C26H25Cl2F3N2O4/c1-15-9-16(2)14-33(13-15)25(35)19(12-32)22(34)7-8-36-24-11-18(4-5-20(24)27)37-23-6-3-17(10-21(23)28)26(29,30)31/h3-6,10-11,15-16,19H,7-9,13-14H2,1-2H3. The Balaban J connectivity index is 1.61. The summed E-state index contributed by atoms with van der Waals surface area (Å²) in [6.45, 7) is 4.93. The van der Waals surface area contributed by atoms with Crippen LogP contribution < -0.4 is 9.47 Å². The van der Waals surface area contributed by atoms with E-state index in [4.69, 9.17) is 32.7 Å². The lowest BCUT2D eigenvalue weighted by Gasteiger charge is -2.35. The molecular formula is C26H25Cl2F3N2O4. The minimum absolute atomic E-state index is 0.00478. The number of hydrogen-bond acceptors (Lipinski definition) is 5. The molecule has 0 spiro atoms. The summed E-state index contributed by atoms with van der Waals surface area (Å²) in [6, 6.07) is 8.84. The lowest BCUT2D eigenvalue weighted by atomic mass is 9.90. The first-order valence-corrected chi connectivity index (χ1v) is 12.3. The van der Waals surface area contributed by atoms with Crippen molar-refractivity contribution in [2.45, 2.75) is 32.9 Å². The fourth-order valence-corrected chi connectivity index (χ4v) is 4.63. The van der Waals surface area contributed by atoms with E-state index < -0.39 is 29.3 Å². The summed E-state index contributed by atoms with van der Waals surface area (Å²) in [4.78, 5) is 27.0. The predicted molar refractivity (Wildman–Crippen MR) is 132 cm³/mol. The molecule has 0 radical (unpaired) electrons. The van der Waals surface area contributed by atoms with Crippen LogP contribution >= 0.6 is 23.2 Å². The molecule has 0 N–H and O–H groups in total. The number of hydrogen-bond donors (Lipinski definition) is 0. The van der Waals surface area contributed by atoms with Gasteiger partial charge in [-0.3, -0.25) is 9.59 Å². The molecule has 0 aromatic heterocycles. The second-order valence-corrected chi connectivity index (χ2v) is 9.97. The van der Waals surface area contributed by atoms with E-state index in [9.17, 15) is 28.0 Å². The number of ketones is 1. The molecule has 6 nitrogen and oxygen atoms in total. The molecule has 1 fully saturated rings. The Morgan fingerprint density at radius 1 is 1.08 bits per heavy atom. The maximum atomic E-state index is 12.8. The Labute approximate surface area is 222 Å². The van der Waals surface area contributed by atoms with Crippen molar-refractivity contribution in [3.8, 4) is 23.3 Å². The number of piperidine rings is 1. The third-order valence-corrected chi connectivity index (χ3v) is 6.48. The molecule has 1 aliphatic heterocycles. The van der Waals surface area contributed by atoms with Gasteiger partial charge in [-0.25, -0.2) is 0 Å². The van der Waals surface area contributed by atoms with Crippen LogP contribution in [0, 0.1) is 29.1 Å². The minimum Gasteiger partial charge on any atom is -0.491 e. The predicted octanol–water partition coefficient (Wildman–Crippen LogP) is 6.79. The molecule has 0 saturated carbocycles. The monoisotopic (exact) mass is 556 g/mol. The van der Waals surface area contributed by atoms with Gasteiger partial charge < -0.3 is 14.4 Å².